The van der Waals surface area contributed by atoms with Gasteiger partial charge in [-0.15, -0.1) is 0 Å². The molecule has 1 amide bonds. The fourth-order valence-electron chi connectivity index (χ4n) is 2.92. The molecule has 0 radical (unpaired) electrons. The molecule has 1 aliphatic rings. The molecular formula is C18H16F3N3O7. The van der Waals surface area contributed by atoms with E-state index in [-0.39, 0.29) is 31.2 Å². The van der Waals surface area contributed by atoms with Crippen molar-refractivity contribution in [3.05, 3.63) is 51.1 Å². The molecule has 3 rings (SSSR count). The Bertz CT molecular complexity index is 1070. The van der Waals surface area contributed by atoms with E-state index in [9.17, 15) is 32.7 Å². The van der Waals surface area contributed by atoms with Crippen LogP contribution in [0, 0.1) is 0 Å². The van der Waals surface area contributed by atoms with Crippen molar-refractivity contribution in [2.75, 3.05) is 13.2 Å². The molecule has 2 aromatic rings. The van der Waals surface area contributed by atoms with E-state index in [1.165, 1.54) is 18.3 Å². The van der Waals surface area contributed by atoms with E-state index in [0.717, 1.165) is 4.57 Å². The average Bonchev–Trinajstić information content (AvgIpc) is 3.18. The third-order valence-electron chi connectivity index (χ3n) is 4.29. The minimum absolute atomic E-state index is 0.0185. The highest BCUT2D eigenvalue weighted by molar-refractivity contribution is 5.98. The summed E-state index contributed by atoms with van der Waals surface area (Å²) in [6.07, 6.45) is -3.31. The smallest absolute Gasteiger partial charge is 0.422 e. The maximum Gasteiger partial charge on any atom is 0.422 e. The van der Waals surface area contributed by atoms with Gasteiger partial charge in [-0.05, 0) is 5.56 Å². The Morgan fingerprint density at radius 2 is 2.03 bits per heavy atom. The standard InChI is InChI=1S/C18H16F3N3O7/c19-18(20,21)8-31-12-2-1-9(3-22-12)5-24-11-7-30-6-10(11)15(27)14(17(24)29)16(28)23-4-13(25)26/h1-3,27H,4-8H2,(H,23,28)(H,25,26). The first kappa shape index (κ1) is 22.1. The molecular weight excluding hydrogens is 427 g/mol. The maximum atomic E-state index is 12.9. The molecule has 0 fully saturated rings. The number of rotatable bonds is 7. The molecule has 3 heterocycles. The number of aromatic hydroxyl groups is 1. The minimum Gasteiger partial charge on any atom is -0.506 e. The Kier molecular flexibility index (Phi) is 6.15. The number of hydrogen-bond acceptors (Lipinski definition) is 7. The van der Waals surface area contributed by atoms with Gasteiger partial charge in [0.15, 0.2) is 6.61 Å². The SMILES string of the molecule is O=C(O)CNC(=O)c1c(O)c2c(n(Cc3ccc(OCC(F)(F)F)nc3)c1=O)COC2. The lowest BCUT2D eigenvalue weighted by molar-refractivity contribution is -0.154. The fourth-order valence-corrected chi connectivity index (χ4v) is 2.92. The molecule has 166 valence electrons. The van der Waals surface area contributed by atoms with Gasteiger partial charge in [0, 0.05) is 17.8 Å². The number of carboxylic acids is 1. The van der Waals surface area contributed by atoms with Crippen molar-refractivity contribution in [2.24, 2.45) is 0 Å². The van der Waals surface area contributed by atoms with Crippen LogP contribution in [0.3, 0.4) is 0 Å². The molecule has 0 saturated carbocycles. The van der Waals surface area contributed by atoms with Crippen LogP contribution in [0.4, 0.5) is 13.2 Å². The van der Waals surface area contributed by atoms with Crippen LogP contribution in [0.2, 0.25) is 0 Å². The normalized spacial score (nSPS) is 13.0. The van der Waals surface area contributed by atoms with Gasteiger partial charge in [0.25, 0.3) is 11.5 Å². The third-order valence-corrected chi connectivity index (χ3v) is 4.29. The number of ether oxygens (including phenoxy) is 2. The van der Waals surface area contributed by atoms with Crippen LogP contribution in [-0.2, 0) is 29.3 Å². The molecule has 0 saturated heterocycles. The van der Waals surface area contributed by atoms with Crippen LogP contribution in [0.15, 0.2) is 23.1 Å². The van der Waals surface area contributed by atoms with Gasteiger partial charge in [-0.1, -0.05) is 6.07 Å². The van der Waals surface area contributed by atoms with Crippen molar-refractivity contribution in [1.82, 2.24) is 14.9 Å². The number of nitrogens with zero attached hydrogens (tertiary/aromatic N) is 2. The molecule has 0 spiro atoms. The van der Waals surface area contributed by atoms with Crippen LogP contribution < -0.4 is 15.6 Å². The number of amides is 1. The highest BCUT2D eigenvalue weighted by Crippen LogP contribution is 2.30. The summed E-state index contributed by atoms with van der Waals surface area (Å²) < 4.78 is 47.6. The van der Waals surface area contributed by atoms with Crippen LogP contribution in [0.5, 0.6) is 11.6 Å². The van der Waals surface area contributed by atoms with Crippen molar-refractivity contribution in [3.8, 4) is 11.6 Å². The topological polar surface area (TPSA) is 140 Å². The second kappa shape index (κ2) is 8.63. The van der Waals surface area contributed by atoms with E-state index in [2.05, 4.69) is 9.72 Å². The highest BCUT2D eigenvalue weighted by Gasteiger charge is 2.30. The second-order valence-corrected chi connectivity index (χ2v) is 6.52. The van der Waals surface area contributed by atoms with Gasteiger partial charge in [0.2, 0.25) is 5.88 Å². The lowest BCUT2D eigenvalue weighted by Gasteiger charge is -2.15. The summed E-state index contributed by atoms with van der Waals surface area (Å²) in [6, 6.07) is 2.59. The zero-order valence-electron chi connectivity index (χ0n) is 15.7. The molecule has 10 nitrogen and oxygen atoms in total. The number of pyridine rings is 2. The first-order valence-electron chi connectivity index (χ1n) is 8.76. The Morgan fingerprint density at radius 3 is 2.65 bits per heavy atom. The van der Waals surface area contributed by atoms with E-state index in [4.69, 9.17) is 9.84 Å². The predicted molar refractivity (Wildman–Crippen MR) is 95.7 cm³/mol. The van der Waals surface area contributed by atoms with Gasteiger partial charge in [0.1, 0.15) is 17.9 Å². The molecule has 0 bridgehead atoms. The van der Waals surface area contributed by atoms with Gasteiger partial charge in [-0.3, -0.25) is 14.4 Å². The molecule has 1 aliphatic heterocycles. The van der Waals surface area contributed by atoms with Gasteiger partial charge >= 0.3 is 12.1 Å². The third kappa shape index (κ3) is 5.12. The summed E-state index contributed by atoms with van der Waals surface area (Å²) in [5, 5.41) is 21.1. The number of alkyl halides is 3. The molecule has 0 aliphatic carbocycles. The molecule has 31 heavy (non-hydrogen) atoms. The number of fused-ring (bicyclic) bond motifs is 1. The number of nitrogens with one attached hydrogen (secondary N) is 1. The zero-order chi connectivity index (χ0) is 22.8. The van der Waals surface area contributed by atoms with Crippen LogP contribution in [0.25, 0.3) is 0 Å². The largest absolute Gasteiger partial charge is 0.506 e. The molecule has 0 unspecified atom stereocenters. The number of hydrogen-bond donors (Lipinski definition) is 3. The molecule has 3 N–H and O–H groups in total. The van der Waals surface area contributed by atoms with Crippen molar-refractivity contribution < 1.29 is 42.4 Å². The monoisotopic (exact) mass is 443 g/mol. The molecule has 2 aromatic heterocycles. The van der Waals surface area contributed by atoms with Gasteiger partial charge in [0.05, 0.1) is 25.5 Å². The second-order valence-electron chi connectivity index (χ2n) is 6.52. The van der Waals surface area contributed by atoms with Crippen molar-refractivity contribution in [1.29, 1.82) is 0 Å². The van der Waals surface area contributed by atoms with E-state index < -0.39 is 48.1 Å². The number of carbonyl (C=O) groups is 2. The van der Waals surface area contributed by atoms with E-state index in [1.54, 1.807) is 0 Å². The Morgan fingerprint density at radius 1 is 1.29 bits per heavy atom. The quantitative estimate of drug-likeness (QED) is 0.571. The lowest BCUT2D eigenvalue weighted by atomic mass is 10.1. The van der Waals surface area contributed by atoms with Crippen LogP contribution in [-0.4, -0.2) is 51.0 Å². The van der Waals surface area contributed by atoms with E-state index >= 15 is 0 Å². The summed E-state index contributed by atoms with van der Waals surface area (Å²) in [5.41, 5.74) is -0.600. The number of carboxylic acid groups (broad SMARTS) is 1. The lowest BCUT2D eigenvalue weighted by Crippen LogP contribution is -2.37. The molecule has 13 heteroatoms. The number of carbonyl (C=O) groups excluding carboxylic acids is 1. The van der Waals surface area contributed by atoms with Crippen molar-refractivity contribution in [3.63, 3.8) is 0 Å². The summed E-state index contributed by atoms with van der Waals surface area (Å²) in [4.78, 5) is 39.6. The Labute approximate surface area is 171 Å². The first-order chi connectivity index (χ1) is 14.6. The minimum atomic E-state index is -4.52. The highest BCUT2D eigenvalue weighted by atomic mass is 19.4. The van der Waals surface area contributed by atoms with E-state index in [0.29, 0.717) is 11.3 Å². The van der Waals surface area contributed by atoms with Gasteiger partial charge < -0.3 is 29.6 Å². The van der Waals surface area contributed by atoms with Gasteiger partial charge in [-0.2, -0.15) is 13.2 Å². The summed E-state index contributed by atoms with van der Waals surface area (Å²) in [7, 11) is 0. The van der Waals surface area contributed by atoms with Gasteiger partial charge in [-0.25, -0.2) is 4.98 Å². The number of aromatic nitrogens is 2. The maximum absolute atomic E-state index is 12.9. The average molecular weight is 443 g/mol. The van der Waals surface area contributed by atoms with Crippen LogP contribution in [0.1, 0.15) is 27.2 Å². The predicted octanol–water partition coefficient (Wildman–Crippen LogP) is 0.783. The van der Waals surface area contributed by atoms with Crippen LogP contribution >= 0.6 is 0 Å². The number of halogens is 3. The van der Waals surface area contributed by atoms with Crippen molar-refractivity contribution in [2.45, 2.75) is 25.9 Å². The Balaban J connectivity index is 1.90. The summed E-state index contributed by atoms with van der Waals surface area (Å²) in [5.74, 6) is -3.26. The zero-order valence-corrected chi connectivity index (χ0v) is 15.7. The van der Waals surface area contributed by atoms with E-state index in [1.807, 2.05) is 5.32 Å². The number of aliphatic carboxylic acids is 1. The fraction of sp³-hybridized carbons (Fsp3) is 0.333. The first-order valence-corrected chi connectivity index (χ1v) is 8.76. The molecule has 0 atom stereocenters. The molecule has 0 aromatic carbocycles. The summed E-state index contributed by atoms with van der Waals surface area (Å²) in [6.45, 7) is -2.47. The Hall–Kier alpha value is -3.61. The van der Waals surface area contributed by atoms with Crippen molar-refractivity contribution >= 4 is 11.9 Å². The summed E-state index contributed by atoms with van der Waals surface area (Å²) >= 11 is 0.